The van der Waals surface area contributed by atoms with E-state index in [9.17, 15) is 14.7 Å². The summed E-state index contributed by atoms with van der Waals surface area (Å²) in [4.78, 5) is 24.7. The second-order valence-electron chi connectivity index (χ2n) is 12.9. The van der Waals surface area contributed by atoms with Crippen molar-refractivity contribution in [3.63, 3.8) is 0 Å². The Balaban J connectivity index is 1.88. The summed E-state index contributed by atoms with van der Waals surface area (Å²) in [5.41, 5.74) is -1.06. The molecule has 6 atom stereocenters. The summed E-state index contributed by atoms with van der Waals surface area (Å²) in [6.45, 7) is 16.8. The van der Waals surface area contributed by atoms with E-state index in [4.69, 9.17) is 37.6 Å². The van der Waals surface area contributed by atoms with Crippen LogP contribution in [0.1, 0.15) is 60.5 Å². The highest BCUT2D eigenvalue weighted by Gasteiger charge is 2.69. The molecule has 0 aromatic heterocycles. The van der Waals surface area contributed by atoms with Crippen molar-refractivity contribution in [1.82, 2.24) is 0 Å². The van der Waals surface area contributed by atoms with Gasteiger partial charge >= 0.3 is 11.9 Å². The molecule has 0 saturated carbocycles. The summed E-state index contributed by atoms with van der Waals surface area (Å²) < 4.78 is 47.2. The highest BCUT2D eigenvalue weighted by atomic mass is 28.4. The van der Waals surface area contributed by atoms with Gasteiger partial charge in [0, 0.05) is 20.3 Å². The second-order valence-corrected chi connectivity index (χ2v) is 17.7. The van der Waals surface area contributed by atoms with Gasteiger partial charge in [-0.05, 0) is 49.7 Å². The maximum absolute atomic E-state index is 12.5. The van der Waals surface area contributed by atoms with E-state index < -0.39 is 62.4 Å². The number of fused-ring (bicyclic) bond motifs is 1. The van der Waals surface area contributed by atoms with Crippen LogP contribution >= 0.6 is 0 Å². The smallest absolute Gasteiger partial charge is 0.303 e. The van der Waals surface area contributed by atoms with Gasteiger partial charge in [0.1, 0.15) is 24.1 Å². The molecule has 1 N–H and O–H groups in total. The summed E-state index contributed by atoms with van der Waals surface area (Å²) in [7, 11) is -0.681. The third-order valence-electron chi connectivity index (χ3n) is 8.11. The largest absolute Gasteiger partial charge is 0.497 e. The molecule has 0 radical (unpaired) electrons. The van der Waals surface area contributed by atoms with Crippen molar-refractivity contribution in [1.29, 1.82) is 0 Å². The van der Waals surface area contributed by atoms with Crippen molar-refractivity contribution in [3.05, 3.63) is 29.8 Å². The van der Waals surface area contributed by atoms with Crippen molar-refractivity contribution < 1.29 is 52.3 Å². The van der Waals surface area contributed by atoms with Crippen molar-refractivity contribution in [2.24, 2.45) is 0 Å². The number of rotatable bonds is 13. The molecule has 1 aromatic carbocycles. The van der Waals surface area contributed by atoms with E-state index in [1.165, 1.54) is 13.8 Å². The molecular weight excluding hydrogens is 564 g/mol. The van der Waals surface area contributed by atoms with Gasteiger partial charge < -0.3 is 42.7 Å². The maximum Gasteiger partial charge on any atom is 0.303 e. The Morgan fingerprint density at radius 1 is 1.05 bits per heavy atom. The Morgan fingerprint density at radius 3 is 2.21 bits per heavy atom. The molecule has 2 heterocycles. The number of benzene rings is 1. The first-order valence-electron chi connectivity index (χ1n) is 14.3. The van der Waals surface area contributed by atoms with E-state index in [1.54, 1.807) is 21.0 Å². The molecule has 2 fully saturated rings. The second kappa shape index (κ2) is 13.3. The van der Waals surface area contributed by atoms with E-state index in [1.807, 2.05) is 24.3 Å². The van der Waals surface area contributed by atoms with Crippen LogP contribution < -0.4 is 4.74 Å². The van der Waals surface area contributed by atoms with Crippen LogP contribution in [0, 0.1) is 0 Å². The Hall–Kier alpha value is -2.06. The van der Waals surface area contributed by atoms with Crippen molar-refractivity contribution in [2.45, 2.75) is 122 Å². The van der Waals surface area contributed by atoms with Crippen LogP contribution in [-0.4, -0.2) is 87.8 Å². The molecule has 11 nitrogen and oxygen atoms in total. The van der Waals surface area contributed by atoms with Gasteiger partial charge in [0.25, 0.3) is 0 Å². The zero-order chi connectivity index (χ0) is 31.5. The number of carbonyl (C=O) groups excluding carboxylic acids is 2. The Bertz CT molecular complexity index is 1070. The molecule has 2 aliphatic rings. The van der Waals surface area contributed by atoms with Gasteiger partial charge in [-0.1, -0.05) is 32.9 Å². The predicted octanol–water partition coefficient (Wildman–Crippen LogP) is 4.09. The number of aliphatic hydroxyl groups is 1. The first kappa shape index (κ1) is 34.4. The highest BCUT2D eigenvalue weighted by Crippen LogP contribution is 2.47. The maximum atomic E-state index is 12.5. The molecule has 0 amide bonds. The highest BCUT2D eigenvalue weighted by molar-refractivity contribution is 6.74. The predicted molar refractivity (Wildman–Crippen MR) is 155 cm³/mol. The molecule has 0 bridgehead atoms. The zero-order valence-electron chi connectivity index (χ0n) is 26.6. The molecule has 2 saturated heterocycles. The molecule has 42 heavy (non-hydrogen) atoms. The van der Waals surface area contributed by atoms with Gasteiger partial charge in [-0.2, -0.15) is 0 Å². The molecule has 0 spiro atoms. The average Bonchev–Trinajstić information content (AvgIpc) is 3.32. The Labute approximate surface area is 250 Å². The lowest BCUT2D eigenvalue weighted by Gasteiger charge is -2.43. The van der Waals surface area contributed by atoms with Crippen LogP contribution in [-0.2, 0) is 49.0 Å². The number of methoxy groups -OCH3 is 1. The van der Waals surface area contributed by atoms with E-state index in [0.717, 1.165) is 11.3 Å². The molecule has 1 aromatic rings. The third kappa shape index (κ3) is 8.10. The first-order valence-corrected chi connectivity index (χ1v) is 17.2. The standard InChI is InChI=1S/C30H48O11Si/c1-19(31)37-23(15-16-35-17-21-11-13-22(34-8)14-12-21)25(38-20(2)32)30(33)24(18-36-42(9,10)28(3,4)5)39-27-26(30)40-29(6,7)41-27/h11-14,23-27,33H,15-18H2,1-10H3/t23-,24+,25+,26-,27+,30-/m0/s1. The van der Waals surface area contributed by atoms with Gasteiger partial charge in [0.15, 0.2) is 32.1 Å². The molecule has 0 unspecified atom stereocenters. The zero-order valence-corrected chi connectivity index (χ0v) is 27.6. The molecule has 2 aliphatic heterocycles. The minimum absolute atomic E-state index is 0.00827. The third-order valence-corrected chi connectivity index (χ3v) is 12.6. The SMILES string of the molecule is COc1ccc(COCC[C@H](OC(C)=O)[C@@H](OC(C)=O)[C@@]2(O)[C@@H](CO[Si](C)(C)C(C)(C)C)O[C@@H]3OC(C)(C)O[C@@H]32)cc1. The fourth-order valence-electron chi connectivity index (χ4n) is 4.86. The summed E-state index contributed by atoms with van der Waals surface area (Å²) in [5, 5.41) is 12.4. The molecular formula is C30H48O11Si. The summed E-state index contributed by atoms with van der Waals surface area (Å²) in [6, 6.07) is 7.44. The topological polar surface area (TPSA) is 128 Å². The number of esters is 2. The lowest BCUT2D eigenvalue weighted by atomic mass is 9.82. The minimum atomic E-state index is -2.28. The summed E-state index contributed by atoms with van der Waals surface area (Å²) in [6.07, 6.45) is -5.36. The normalized spacial score (nSPS) is 26.8. The van der Waals surface area contributed by atoms with Crippen molar-refractivity contribution in [3.8, 4) is 5.75 Å². The molecule has 12 heteroatoms. The minimum Gasteiger partial charge on any atom is -0.497 e. The van der Waals surface area contributed by atoms with E-state index in [-0.39, 0.29) is 24.7 Å². The Kier molecular flexibility index (Phi) is 10.9. The van der Waals surface area contributed by atoms with Gasteiger partial charge in [-0.25, -0.2) is 0 Å². The number of ether oxygens (including phenoxy) is 7. The first-order chi connectivity index (χ1) is 19.4. The van der Waals surface area contributed by atoms with Crippen LogP contribution in [0.5, 0.6) is 5.75 Å². The van der Waals surface area contributed by atoms with Gasteiger partial charge in [-0.15, -0.1) is 0 Å². The number of hydrogen-bond acceptors (Lipinski definition) is 11. The van der Waals surface area contributed by atoms with Crippen LogP contribution in [0.25, 0.3) is 0 Å². The lowest BCUT2D eigenvalue weighted by molar-refractivity contribution is -0.259. The fraction of sp³-hybridized carbons (Fsp3) is 0.733. The van der Waals surface area contributed by atoms with Gasteiger partial charge in [0.2, 0.25) is 0 Å². The van der Waals surface area contributed by atoms with E-state index in [0.29, 0.717) is 6.61 Å². The quantitative estimate of drug-likeness (QED) is 0.196. The van der Waals surface area contributed by atoms with Crippen LogP contribution in [0.4, 0.5) is 0 Å². The number of carbonyl (C=O) groups is 2. The van der Waals surface area contributed by atoms with Crippen molar-refractivity contribution >= 4 is 20.3 Å². The monoisotopic (exact) mass is 612 g/mol. The fourth-order valence-corrected chi connectivity index (χ4v) is 5.86. The van der Waals surface area contributed by atoms with Crippen LogP contribution in [0.2, 0.25) is 18.1 Å². The van der Waals surface area contributed by atoms with Gasteiger partial charge in [0.05, 0.1) is 26.9 Å². The number of hydrogen-bond donors (Lipinski definition) is 1. The van der Waals surface area contributed by atoms with E-state index in [2.05, 4.69) is 33.9 Å². The van der Waals surface area contributed by atoms with Crippen LogP contribution in [0.3, 0.4) is 0 Å². The van der Waals surface area contributed by atoms with Gasteiger partial charge in [-0.3, -0.25) is 9.59 Å². The lowest BCUT2D eigenvalue weighted by Crippen LogP contribution is -2.64. The van der Waals surface area contributed by atoms with Crippen molar-refractivity contribution in [2.75, 3.05) is 20.3 Å². The summed E-state index contributed by atoms with van der Waals surface area (Å²) in [5.74, 6) is -1.62. The average molecular weight is 613 g/mol. The Morgan fingerprint density at radius 2 is 1.67 bits per heavy atom. The van der Waals surface area contributed by atoms with E-state index >= 15 is 0 Å². The van der Waals surface area contributed by atoms with Crippen LogP contribution in [0.15, 0.2) is 24.3 Å². The molecule has 238 valence electrons. The molecule has 3 rings (SSSR count). The molecule has 0 aliphatic carbocycles. The summed E-state index contributed by atoms with van der Waals surface area (Å²) >= 11 is 0.